The molecule has 3 fully saturated rings. The van der Waals surface area contributed by atoms with Crippen molar-refractivity contribution in [2.24, 2.45) is 35.0 Å². The zero-order valence-corrected chi connectivity index (χ0v) is 18.2. The van der Waals surface area contributed by atoms with E-state index in [4.69, 9.17) is 4.74 Å². The van der Waals surface area contributed by atoms with E-state index in [1.54, 1.807) is 20.8 Å². The van der Waals surface area contributed by atoms with E-state index in [1.165, 1.54) is 0 Å². The molecule has 0 aromatic rings. The standard InChI is InChI=1S/C22H32F6O3/c1-19(2,3)18(29)31-17-14-10-6-4-8-12(14)16(13-9-5-7-11-15(13)17)20(30,21(23,24)25)22(26,27)28/h12-17,30H,4-11H2,1-3H3. The van der Waals surface area contributed by atoms with Crippen LogP contribution in [-0.2, 0) is 9.53 Å². The lowest BCUT2D eigenvalue weighted by Gasteiger charge is -2.58. The molecule has 3 aliphatic rings. The quantitative estimate of drug-likeness (QED) is 0.405. The fourth-order valence-corrected chi connectivity index (χ4v) is 6.35. The summed E-state index contributed by atoms with van der Waals surface area (Å²) in [7, 11) is 0. The number of ether oxygens (including phenoxy) is 1. The third-order valence-electron chi connectivity index (χ3n) is 7.72. The van der Waals surface area contributed by atoms with Crippen molar-refractivity contribution in [1.82, 2.24) is 0 Å². The highest BCUT2D eigenvalue weighted by Crippen LogP contribution is 2.62. The monoisotopic (exact) mass is 458 g/mol. The van der Waals surface area contributed by atoms with Crippen LogP contribution in [0.3, 0.4) is 0 Å². The van der Waals surface area contributed by atoms with Crippen LogP contribution >= 0.6 is 0 Å². The molecule has 1 N–H and O–H groups in total. The van der Waals surface area contributed by atoms with Crippen LogP contribution in [0.5, 0.6) is 0 Å². The molecule has 3 saturated carbocycles. The summed E-state index contributed by atoms with van der Waals surface area (Å²) < 4.78 is 89.3. The Bertz CT molecular complexity index is 628. The molecule has 4 unspecified atom stereocenters. The number of hydrogen-bond acceptors (Lipinski definition) is 3. The summed E-state index contributed by atoms with van der Waals surface area (Å²) in [6.07, 6.45) is -8.93. The SMILES string of the molecule is CC(C)(C)C(=O)OC1C2CCCCC2C(C(O)(C(F)(F)F)C(F)(F)F)C2CCCCC21. The Morgan fingerprint density at radius 1 is 0.742 bits per heavy atom. The van der Waals surface area contributed by atoms with Crippen molar-refractivity contribution in [3.8, 4) is 0 Å². The molecule has 0 heterocycles. The molecular formula is C22H32F6O3. The second kappa shape index (κ2) is 8.10. The van der Waals surface area contributed by atoms with Crippen LogP contribution in [0.25, 0.3) is 0 Å². The Morgan fingerprint density at radius 3 is 1.42 bits per heavy atom. The van der Waals surface area contributed by atoms with Gasteiger partial charge in [0.05, 0.1) is 5.41 Å². The summed E-state index contributed by atoms with van der Waals surface area (Å²) in [4.78, 5) is 12.6. The predicted molar refractivity (Wildman–Crippen MR) is 101 cm³/mol. The molecule has 0 aromatic carbocycles. The van der Waals surface area contributed by atoms with Gasteiger partial charge in [0, 0.05) is 5.92 Å². The molecule has 0 spiro atoms. The zero-order chi connectivity index (χ0) is 23.4. The Labute approximate surface area is 178 Å². The number of aliphatic hydroxyl groups is 1. The maximum atomic E-state index is 13.9. The molecule has 4 atom stereocenters. The van der Waals surface area contributed by atoms with Crippen LogP contribution in [-0.4, -0.2) is 35.1 Å². The largest absolute Gasteiger partial charge is 0.461 e. The van der Waals surface area contributed by atoms with Gasteiger partial charge < -0.3 is 9.84 Å². The van der Waals surface area contributed by atoms with Crippen molar-refractivity contribution >= 4 is 5.97 Å². The van der Waals surface area contributed by atoms with Gasteiger partial charge in [0.25, 0.3) is 5.60 Å². The molecule has 3 nitrogen and oxygen atoms in total. The first-order chi connectivity index (χ1) is 14.1. The Balaban J connectivity index is 2.10. The van der Waals surface area contributed by atoms with Gasteiger partial charge in [0.1, 0.15) is 6.10 Å². The van der Waals surface area contributed by atoms with Crippen molar-refractivity contribution in [3.05, 3.63) is 0 Å². The summed E-state index contributed by atoms with van der Waals surface area (Å²) in [6, 6.07) is 0. The molecule has 9 heteroatoms. The molecule has 0 radical (unpaired) electrons. The molecule has 0 aliphatic heterocycles. The Hall–Kier alpha value is -0.990. The van der Waals surface area contributed by atoms with Crippen molar-refractivity contribution in [2.45, 2.75) is 96.2 Å². The highest BCUT2D eigenvalue weighted by Gasteiger charge is 2.77. The first-order valence-corrected chi connectivity index (χ1v) is 11.2. The molecule has 0 bridgehead atoms. The van der Waals surface area contributed by atoms with E-state index in [1.807, 2.05) is 0 Å². The van der Waals surface area contributed by atoms with Crippen molar-refractivity contribution in [3.63, 3.8) is 0 Å². The van der Waals surface area contributed by atoms with Gasteiger partial charge in [-0.15, -0.1) is 0 Å². The van der Waals surface area contributed by atoms with Crippen LogP contribution < -0.4 is 0 Å². The van der Waals surface area contributed by atoms with Gasteiger partial charge in [-0.2, -0.15) is 26.3 Å². The maximum absolute atomic E-state index is 13.9. The molecule has 0 amide bonds. The molecular weight excluding hydrogens is 426 g/mol. The number of alkyl halides is 6. The average molecular weight is 458 g/mol. The van der Waals surface area contributed by atoms with Crippen LogP contribution in [0.15, 0.2) is 0 Å². The Morgan fingerprint density at radius 2 is 1.10 bits per heavy atom. The first kappa shape index (κ1) is 24.6. The number of hydrogen-bond donors (Lipinski definition) is 1. The third-order valence-corrected chi connectivity index (χ3v) is 7.72. The number of esters is 1. The normalized spacial score (nSPS) is 35.2. The fourth-order valence-electron chi connectivity index (χ4n) is 6.35. The predicted octanol–water partition coefficient (Wildman–Crippen LogP) is 6.04. The van der Waals surface area contributed by atoms with E-state index in [0.717, 1.165) is 0 Å². The summed E-state index contributed by atoms with van der Waals surface area (Å²) >= 11 is 0. The third kappa shape index (κ3) is 4.20. The summed E-state index contributed by atoms with van der Waals surface area (Å²) in [5.41, 5.74) is -5.59. The zero-order valence-electron chi connectivity index (χ0n) is 18.2. The van der Waals surface area contributed by atoms with Crippen molar-refractivity contribution in [1.29, 1.82) is 0 Å². The fraction of sp³-hybridized carbons (Fsp3) is 0.955. The van der Waals surface area contributed by atoms with Crippen LogP contribution in [0.1, 0.15) is 72.1 Å². The lowest BCUT2D eigenvalue weighted by molar-refractivity contribution is -0.403. The average Bonchev–Trinajstić information content (AvgIpc) is 2.64. The van der Waals surface area contributed by atoms with Gasteiger partial charge >= 0.3 is 18.3 Å². The van der Waals surface area contributed by atoms with Gasteiger partial charge in [0.15, 0.2) is 0 Å². The van der Waals surface area contributed by atoms with Crippen molar-refractivity contribution < 1.29 is 41.0 Å². The smallest absolute Gasteiger partial charge is 0.426 e. The maximum Gasteiger partial charge on any atom is 0.426 e. The number of rotatable bonds is 2. The van der Waals surface area contributed by atoms with E-state index in [0.29, 0.717) is 38.5 Å². The number of carbonyl (C=O) groups is 1. The van der Waals surface area contributed by atoms with E-state index < -0.39 is 65.0 Å². The van der Waals surface area contributed by atoms with E-state index >= 15 is 0 Å². The highest BCUT2D eigenvalue weighted by molar-refractivity contribution is 5.75. The van der Waals surface area contributed by atoms with E-state index in [2.05, 4.69) is 0 Å². The Kier molecular flexibility index (Phi) is 6.44. The minimum atomic E-state index is -5.84. The van der Waals surface area contributed by atoms with Gasteiger partial charge in [-0.1, -0.05) is 25.7 Å². The number of carbonyl (C=O) groups excluding carboxylic acids is 1. The summed E-state index contributed by atoms with van der Waals surface area (Å²) in [5.74, 6) is -5.70. The van der Waals surface area contributed by atoms with Gasteiger partial charge in [-0.3, -0.25) is 4.79 Å². The molecule has 3 aliphatic carbocycles. The van der Waals surface area contributed by atoms with Crippen LogP contribution in [0.4, 0.5) is 26.3 Å². The minimum absolute atomic E-state index is 0.163. The van der Waals surface area contributed by atoms with Crippen LogP contribution in [0, 0.1) is 35.0 Å². The second-order valence-corrected chi connectivity index (χ2v) is 10.6. The van der Waals surface area contributed by atoms with Crippen LogP contribution in [0.2, 0.25) is 0 Å². The van der Waals surface area contributed by atoms with Crippen molar-refractivity contribution in [2.75, 3.05) is 0 Å². The minimum Gasteiger partial charge on any atom is -0.461 e. The molecule has 0 aromatic heterocycles. The number of halogens is 6. The second-order valence-electron chi connectivity index (χ2n) is 10.6. The highest BCUT2D eigenvalue weighted by atomic mass is 19.4. The van der Waals surface area contributed by atoms with Gasteiger partial charge in [-0.25, -0.2) is 0 Å². The van der Waals surface area contributed by atoms with E-state index in [9.17, 15) is 36.2 Å². The summed E-state index contributed by atoms with van der Waals surface area (Å²) in [5, 5.41) is 10.4. The van der Waals surface area contributed by atoms with Gasteiger partial charge in [-0.05, 0) is 70.1 Å². The molecule has 180 valence electrons. The van der Waals surface area contributed by atoms with Gasteiger partial charge in [0.2, 0.25) is 0 Å². The molecule has 0 saturated heterocycles. The lowest BCUT2D eigenvalue weighted by atomic mass is 9.50. The molecule has 31 heavy (non-hydrogen) atoms. The number of fused-ring (bicyclic) bond motifs is 2. The summed E-state index contributed by atoms with van der Waals surface area (Å²) in [6.45, 7) is 5.01. The first-order valence-electron chi connectivity index (χ1n) is 11.2. The topological polar surface area (TPSA) is 46.5 Å². The molecule has 3 rings (SSSR count). The van der Waals surface area contributed by atoms with E-state index in [-0.39, 0.29) is 12.8 Å². The lowest BCUT2D eigenvalue weighted by Crippen LogP contribution is -2.69.